The minimum Gasteiger partial charge on any atom is -0.324 e. The summed E-state index contributed by atoms with van der Waals surface area (Å²) in [5, 5.41) is 4.25. The van der Waals surface area contributed by atoms with Gasteiger partial charge in [-0.25, -0.2) is 9.07 Å². The molecule has 84 valence electrons. The Hall–Kier alpha value is -1.68. The van der Waals surface area contributed by atoms with Crippen LogP contribution in [0, 0.1) is 12.7 Å². The van der Waals surface area contributed by atoms with Gasteiger partial charge in [0, 0.05) is 17.3 Å². The Balaban J connectivity index is 2.45. The summed E-state index contributed by atoms with van der Waals surface area (Å²) in [6.07, 6.45) is 1.75. The number of hydrogen-bond acceptors (Lipinski definition) is 2. The average molecular weight is 219 g/mol. The second kappa shape index (κ2) is 4.06. The number of nitrogens with zero attached hydrogens (tertiary/aromatic N) is 2. The number of halogens is 1. The Morgan fingerprint density at radius 2 is 1.94 bits per heavy atom. The van der Waals surface area contributed by atoms with Crippen LogP contribution >= 0.6 is 0 Å². The topological polar surface area (TPSA) is 43.8 Å². The van der Waals surface area contributed by atoms with E-state index in [-0.39, 0.29) is 11.9 Å². The Morgan fingerprint density at radius 1 is 1.31 bits per heavy atom. The minimum atomic E-state index is -0.249. The summed E-state index contributed by atoms with van der Waals surface area (Å²) < 4.78 is 14.5. The van der Waals surface area contributed by atoms with Gasteiger partial charge in [-0.05, 0) is 38.1 Å². The third-order valence-electron chi connectivity index (χ3n) is 2.61. The van der Waals surface area contributed by atoms with Crippen LogP contribution in [0.15, 0.2) is 30.5 Å². The fourth-order valence-electron chi connectivity index (χ4n) is 1.71. The van der Waals surface area contributed by atoms with Crippen LogP contribution in [-0.4, -0.2) is 9.78 Å². The molecule has 1 unspecified atom stereocenters. The van der Waals surface area contributed by atoms with Crippen LogP contribution in [0.3, 0.4) is 0 Å². The molecule has 2 N–H and O–H groups in total. The van der Waals surface area contributed by atoms with Gasteiger partial charge in [0.25, 0.3) is 0 Å². The van der Waals surface area contributed by atoms with E-state index in [1.807, 2.05) is 13.8 Å². The molecular formula is C12H14FN3. The summed E-state index contributed by atoms with van der Waals surface area (Å²) in [6.45, 7) is 3.87. The zero-order valence-electron chi connectivity index (χ0n) is 9.31. The van der Waals surface area contributed by atoms with Crippen molar-refractivity contribution in [1.82, 2.24) is 9.78 Å². The Kier molecular flexibility index (Phi) is 2.75. The third kappa shape index (κ3) is 1.84. The van der Waals surface area contributed by atoms with Gasteiger partial charge in [0.2, 0.25) is 0 Å². The van der Waals surface area contributed by atoms with Crippen molar-refractivity contribution in [2.45, 2.75) is 19.9 Å². The van der Waals surface area contributed by atoms with E-state index in [1.165, 1.54) is 12.1 Å². The number of aromatic nitrogens is 2. The van der Waals surface area contributed by atoms with Gasteiger partial charge in [0.05, 0.1) is 11.9 Å². The lowest BCUT2D eigenvalue weighted by Crippen LogP contribution is -2.07. The number of hydrogen-bond donors (Lipinski definition) is 1. The molecule has 0 aliphatic heterocycles. The standard InChI is InChI=1S/C12H14FN3/c1-8(14)12-7-15-16(9(12)2)11-5-3-10(13)4-6-11/h3-8H,14H2,1-2H3. The fourth-order valence-corrected chi connectivity index (χ4v) is 1.71. The Morgan fingerprint density at radius 3 is 2.44 bits per heavy atom. The van der Waals surface area contributed by atoms with Crippen molar-refractivity contribution in [2.24, 2.45) is 5.73 Å². The van der Waals surface area contributed by atoms with E-state index in [1.54, 1.807) is 23.0 Å². The van der Waals surface area contributed by atoms with Crippen molar-refractivity contribution in [3.05, 3.63) is 47.5 Å². The maximum absolute atomic E-state index is 12.8. The van der Waals surface area contributed by atoms with Crippen molar-refractivity contribution in [1.29, 1.82) is 0 Å². The number of nitrogens with two attached hydrogens (primary N) is 1. The second-order valence-electron chi connectivity index (χ2n) is 3.86. The van der Waals surface area contributed by atoms with Crippen molar-refractivity contribution in [2.75, 3.05) is 0 Å². The average Bonchev–Trinajstić information content (AvgIpc) is 2.61. The molecule has 0 saturated heterocycles. The molecule has 0 bridgehead atoms. The SMILES string of the molecule is Cc1c(C(C)N)cnn1-c1ccc(F)cc1. The molecule has 2 aromatic rings. The first-order chi connectivity index (χ1) is 7.59. The summed E-state index contributed by atoms with van der Waals surface area (Å²) >= 11 is 0. The molecule has 16 heavy (non-hydrogen) atoms. The molecule has 3 nitrogen and oxygen atoms in total. The van der Waals surface area contributed by atoms with Crippen LogP contribution in [0.2, 0.25) is 0 Å². The van der Waals surface area contributed by atoms with Crippen molar-refractivity contribution >= 4 is 0 Å². The van der Waals surface area contributed by atoms with Crippen LogP contribution in [0.1, 0.15) is 24.2 Å². The number of benzene rings is 1. The van der Waals surface area contributed by atoms with Crippen molar-refractivity contribution in [3.63, 3.8) is 0 Å². The zero-order valence-corrected chi connectivity index (χ0v) is 9.31. The summed E-state index contributed by atoms with van der Waals surface area (Å²) in [7, 11) is 0. The molecule has 1 heterocycles. The van der Waals surface area contributed by atoms with E-state index in [0.29, 0.717) is 0 Å². The molecule has 0 fully saturated rings. The molecule has 4 heteroatoms. The van der Waals surface area contributed by atoms with Crippen LogP contribution in [0.4, 0.5) is 4.39 Å². The molecular weight excluding hydrogens is 205 g/mol. The molecule has 0 saturated carbocycles. The van der Waals surface area contributed by atoms with Gasteiger partial charge < -0.3 is 5.73 Å². The molecule has 1 aromatic heterocycles. The van der Waals surface area contributed by atoms with E-state index in [2.05, 4.69) is 5.10 Å². The summed E-state index contributed by atoms with van der Waals surface area (Å²) in [5.41, 5.74) is 8.65. The molecule has 2 rings (SSSR count). The molecule has 0 amide bonds. The van der Waals surface area contributed by atoms with Gasteiger partial charge in [-0.3, -0.25) is 0 Å². The molecule has 0 aliphatic carbocycles. The summed E-state index contributed by atoms with van der Waals surface area (Å²) in [4.78, 5) is 0. The van der Waals surface area contributed by atoms with Crippen LogP contribution in [0.25, 0.3) is 5.69 Å². The Labute approximate surface area is 93.7 Å². The maximum Gasteiger partial charge on any atom is 0.123 e. The molecule has 0 spiro atoms. The smallest absolute Gasteiger partial charge is 0.123 e. The fraction of sp³-hybridized carbons (Fsp3) is 0.250. The first-order valence-electron chi connectivity index (χ1n) is 5.15. The summed E-state index contributed by atoms with van der Waals surface area (Å²) in [5.74, 6) is -0.249. The lowest BCUT2D eigenvalue weighted by molar-refractivity contribution is 0.627. The highest BCUT2D eigenvalue weighted by Gasteiger charge is 2.10. The number of rotatable bonds is 2. The quantitative estimate of drug-likeness (QED) is 0.842. The lowest BCUT2D eigenvalue weighted by Gasteiger charge is -2.07. The van der Waals surface area contributed by atoms with Crippen molar-refractivity contribution in [3.8, 4) is 5.69 Å². The highest BCUT2D eigenvalue weighted by molar-refractivity contribution is 5.35. The van der Waals surface area contributed by atoms with E-state index in [9.17, 15) is 4.39 Å². The highest BCUT2D eigenvalue weighted by Crippen LogP contribution is 2.18. The molecule has 0 radical (unpaired) electrons. The largest absolute Gasteiger partial charge is 0.324 e. The van der Waals surface area contributed by atoms with Crippen LogP contribution in [0.5, 0.6) is 0 Å². The maximum atomic E-state index is 12.8. The van der Waals surface area contributed by atoms with Gasteiger partial charge in [-0.15, -0.1) is 0 Å². The van der Waals surface area contributed by atoms with E-state index < -0.39 is 0 Å². The molecule has 0 aliphatic rings. The summed E-state index contributed by atoms with van der Waals surface area (Å²) in [6, 6.07) is 6.18. The van der Waals surface area contributed by atoms with Gasteiger partial charge >= 0.3 is 0 Å². The normalized spacial score (nSPS) is 12.8. The van der Waals surface area contributed by atoms with E-state index >= 15 is 0 Å². The minimum absolute atomic E-state index is 0.0470. The monoisotopic (exact) mass is 219 g/mol. The predicted molar refractivity (Wildman–Crippen MR) is 60.9 cm³/mol. The third-order valence-corrected chi connectivity index (χ3v) is 2.61. The first-order valence-corrected chi connectivity index (χ1v) is 5.15. The second-order valence-corrected chi connectivity index (χ2v) is 3.86. The Bertz CT molecular complexity index is 485. The molecule has 1 atom stereocenters. The van der Waals surface area contributed by atoms with Gasteiger partial charge in [-0.2, -0.15) is 5.10 Å². The van der Waals surface area contributed by atoms with Gasteiger partial charge in [0.15, 0.2) is 0 Å². The van der Waals surface area contributed by atoms with Crippen LogP contribution in [-0.2, 0) is 0 Å². The molecule has 1 aromatic carbocycles. The first kappa shape index (κ1) is 10.8. The predicted octanol–water partition coefficient (Wildman–Crippen LogP) is 2.34. The van der Waals surface area contributed by atoms with Crippen LogP contribution < -0.4 is 5.73 Å². The van der Waals surface area contributed by atoms with E-state index in [4.69, 9.17) is 5.73 Å². The van der Waals surface area contributed by atoms with Gasteiger partial charge in [-0.1, -0.05) is 0 Å². The highest BCUT2D eigenvalue weighted by atomic mass is 19.1. The van der Waals surface area contributed by atoms with Gasteiger partial charge in [0.1, 0.15) is 5.82 Å². The zero-order chi connectivity index (χ0) is 11.7. The van der Waals surface area contributed by atoms with E-state index in [0.717, 1.165) is 16.9 Å². The lowest BCUT2D eigenvalue weighted by atomic mass is 10.1. The van der Waals surface area contributed by atoms with Crippen molar-refractivity contribution < 1.29 is 4.39 Å².